The van der Waals surface area contributed by atoms with Gasteiger partial charge < -0.3 is 10.6 Å². The summed E-state index contributed by atoms with van der Waals surface area (Å²) in [4.78, 5) is 0. The maximum atomic E-state index is 6.24. The fraction of sp³-hybridized carbons (Fsp3) is 0.500. The molecule has 16 heavy (non-hydrogen) atoms. The van der Waals surface area contributed by atoms with Crippen LogP contribution in [-0.4, -0.2) is 19.6 Å². The SMILES string of the molecule is Cc1c(Cl)c(Cl)cc2c1C1(CCNC1)CN2. The Labute approximate surface area is 105 Å². The summed E-state index contributed by atoms with van der Waals surface area (Å²) in [6, 6.07) is 1.96. The Kier molecular flexibility index (Phi) is 2.36. The van der Waals surface area contributed by atoms with Gasteiger partial charge in [0.1, 0.15) is 0 Å². The van der Waals surface area contributed by atoms with E-state index >= 15 is 0 Å². The van der Waals surface area contributed by atoms with E-state index in [4.69, 9.17) is 23.2 Å². The third-order valence-electron chi connectivity index (χ3n) is 3.85. The Morgan fingerprint density at radius 2 is 2.12 bits per heavy atom. The van der Waals surface area contributed by atoms with Crippen LogP contribution in [0.25, 0.3) is 0 Å². The quantitative estimate of drug-likeness (QED) is 0.746. The van der Waals surface area contributed by atoms with E-state index in [0.29, 0.717) is 10.0 Å². The predicted octanol–water partition coefficient (Wildman–Crippen LogP) is 2.96. The van der Waals surface area contributed by atoms with Crippen LogP contribution < -0.4 is 10.6 Å². The summed E-state index contributed by atoms with van der Waals surface area (Å²) < 4.78 is 0. The molecule has 0 radical (unpaired) electrons. The van der Waals surface area contributed by atoms with Gasteiger partial charge in [-0.3, -0.25) is 0 Å². The molecule has 2 N–H and O–H groups in total. The van der Waals surface area contributed by atoms with E-state index in [9.17, 15) is 0 Å². The van der Waals surface area contributed by atoms with Crippen molar-refractivity contribution >= 4 is 28.9 Å². The maximum absolute atomic E-state index is 6.24. The summed E-state index contributed by atoms with van der Waals surface area (Å²) in [5, 5.41) is 8.25. The van der Waals surface area contributed by atoms with E-state index < -0.39 is 0 Å². The number of benzene rings is 1. The van der Waals surface area contributed by atoms with Gasteiger partial charge in [0.2, 0.25) is 0 Å². The predicted molar refractivity (Wildman–Crippen MR) is 68.9 cm³/mol. The lowest BCUT2D eigenvalue weighted by Crippen LogP contribution is -2.31. The van der Waals surface area contributed by atoms with Gasteiger partial charge in [-0.1, -0.05) is 23.2 Å². The highest BCUT2D eigenvalue weighted by atomic mass is 35.5. The van der Waals surface area contributed by atoms with Gasteiger partial charge >= 0.3 is 0 Å². The minimum Gasteiger partial charge on any atom is -0.384 e. The number of hydrogen-bond donors (Lipinski definition) is 2. The fourth-order valence-corrected chi connectivity index (χ4v) is 3.44. The molecule has 4 heteroatoms. The maximum Gasteiger partial charge on any atom is 0.0625 e. The molecule has 2 heterocycles. The molecule has 1 fully saturated rings. The van der Waals surface area contributed by atoms with E-state index in [1.807, 2.05) is 6.07 Å². The number of halogens is 2. The number of anilines is 1. The zero-order valence-corrected chi connectivity index (χ0v) is 10.7. The molecule has 2 aliphatic heterocycles. The van der Waals surface area contributed by atoms with Gasteiger partial charge in [-0.15, -0.1) is 0 Å². The molecule has 0 aromatic heterocycles. The molecule has 3 rings (SSSR count). The van der Waals surface area contributed by atoms with Crippen molar-refractivity contribution in [3.05, 3.63) is 27.2 Å². The van der Waals surface area contributed by atoms with Crippen molar-refractivity contribution in [1.29, 1.82) is 0 Å². The van der Waals surface area contributed by atoms with Crippen molar-refractivity contribution in [3.63, 3.8) is 0 Å². The van der Waals surface area contributed by atoms with Gasteiger partial charge in [-0.25, -0.2) is 0 Å². The zero-order chi connectivity index (χ0) is 11.3. The molecule has 86 valence electrons. The van der Waals surface area contributed by atoms with Crippen molar-refractivity contribution in [2.45, 2.75) is 18.8 Å². The Balaban J connectivity index is 2.22. The molecule has 1 spiro atoms. The third kappa shape index (κ3) is 1.30. The van der Waals surface area contributed by atoms with Crippen molar-refractivity contribution in [1.82, 2.24) is 5.32 Å². The minimum absolute atomic E-state index is 0.230. The molecule has 0 aliphatic carbocycles. The molecule has 0 amide bonds. The Hall–Kier alpha value is -0.440. The first-order valence-corrected chi connectivity index (χ1v) is 6.33. The molecule has 1 unspecified atom stereocenters. The van der Waals surface area contributed by atoms with Crippen LogP contribution in [0.1, 0.15) is 17.5 Å². The summed E-state index contributed by atoms with van der Waals surface area (Å²) in [7, 11) is 0. The minimum atomic E-state index is 0.230. The smallest absolute Gasteiger partial charge is 0.0625 e. The molecule has 1 saturated heterocycles. The third-order valence-corrected chi connectivity index (χ3v) is 4.73. The normalized spacial score (nSPS) is 27.2. The van der Waals surface area contributed by atoms with Gasteiger partial charge in [-0.05, 0) is 37.1 Å². The highest BCUT2D eigenvalue weighted by Gasteiger charge is 2.43. The Bertz CT molecular complexity index is 451. The average molecular weight is 257 g/mol. The number of hydrogen-bond acceptors (Lipinski definition) is 2. The van der Waals surface area contributed by atoms with Crippen LogP contribution in [0.5, 0.6) is 0 Å². The van der Waals surface area contributed by atoms with E-state index in [0.717, 1.165) is 30.9 Å². The van der Waals surface area contributed by atoms with Gasteiger partial charge in [-0.2, -0.15) is 0 Å². The first-order valence-electron chi connectivity index (χ1n) is 5.58. The first kappa shape index (κ1) is 10.7. The first-order chi connectivity index (χ1) is 7.64. The summed E-state index contributed by atoms with van der Waals surface area (Å²) in [6.07, 6.45) is 1.17. The molecule has 2 nitrogen and oxygen atoms in total. The van der Waals surface area contributed by atoms with Crippen molar-refractivity contribution in [3.8, 4) is 0 Å². The van der Waals surface area contributed by atoms with E-state index in [2.05, 4.69) is 17.6 Å². The average Bonchev–Trinajstić information content (AvgIpc) is 2.85. The lowest BCUT2D eigenvalue weighted by molar-refractivity contribution is 0.520. The number of nitrogens with one attached hydrogen (secondary N) is 2. The van der Waals surface area contributed by atoms with Crippen LogP contribution in [0.3, 0.4) is 0 Å². The van der Waals surface area contributed by atoms with Crippen molar-refractivity contribution < 1.29 is 0 Å². The van der Waals surface area contributed by atoms with Gasteiger partial charge in [0.05, 0.1) is 10.0 Å². The standard InChI is InChI=1S/C12H14Cl2N2/c1-7-10-9(4-8(13)11(7)14)16-6-12(10)2-3-15-5-12/h4,15-16H,2-3,5-6H2,1H3. The van der Waals surface area contributed by atoms with Crippen LogP contribution in [0, 0.1) is 6.92 Å². The Morgan fingerprint density at radius 3 is 2.81 bits per heavy atom. The molecule has 1 atom stereocenters. The topological polar surface area (TPSA) is 24.1 Å². The van der Waals surface area contributed by atoms with Crippen LogP contribution in [0.15, 0.2) is 6.07 Å². The number of fused-ring (bicyclic) bond motifs is 2. The summed E-state index contributed by atoms with van der Waals surface area (Å²) in [5.74, 6) is 0. The zero-order valence-electron chi connectivity index (χ0n) is 9.16. The van der Waals surface area contributed by atoms with Gasteiger partial charge in [0.25, 0.3) is 0 Å². The van der Waals surface area contributed by atoms with Gasteiger partial charge in [0.15, 0.2) is 0 Å². The molecular weight excluding hydrogens is 243 g/mol. The lowest BCUT2D eigenvalue weighted by Gasteiger charge is -2.24. The van der Waals surface area contributed by atoms with E-state index in [-0.39, 0.29) is 5.41 Å². The molecule has 2 aliphatic rings. The van der Waals surface area contributed by atoms with Crippen LogP contribution >= 0.6 is 23.2 Å². The monoisotopic (exact) mass is 256 g/mol. The van der Waals surface area contributed by atoms with Gasteiger partial charge in [0, 0.05) is 24.2 Å². The summed E-state index contributed by atoms with van der Waals surface area (Å²) in [6.45, 7) is 5.18. The Morgan fingerprint density at radius 1 is 1.31 bits per heavy atom. The second-order valence-corrected chi connectivity index (χ2v) is 5.57. The highest BCUT2D eigenvalue weighted by molar-refractivity contribution is 6.42. The van der Waals surface area contributed by atoms with E-state index in [1.54, 1.807) is 0 Å². The fourth-order valence-electron chi connectivity index (χ4n) is 3.04. The molecule has 1 aromatic rings. The molecular formula is C12H14Cl2N2. The number of rotatable bonds is 0. The highest BCUT2D eigenvalue weighted by Crippen LogP contribution is 2.46. The second kappa shape index (κ2) is 3.52. The van der Waals surface area contributed by atoms with Crippen molar-refractivity contribution in [2.75, 3.05) is 25.0 Å². The second-order valence-electron chi connectivity index (χ2n) is 4.78. The molecule has 0 bridgehead atoms. The van der Waals surface area contributed by atoms with Crippen LogP contribution in [0.4, 0.5) is 5.69 Å². The van der Waals surface area contributed by atoms with Crippen LogP contribution in [-0.2, 0) is 5.41 Å². The summed E-state index contributed by atoms with van der Waals surface area (Å²) >= 11 is 12.3. The van der Waals surface area contributed by atoms with Crippen molar-refractivity contribution in [2.24, 2.45) is 0 Å². The van der Waals surface area contributed by atoms with Crippen LogP contribution in [0.2, 0.25) is 10.0 Å². The molecule has 0 saturated carbocycles. The largest absolute Gasteiger partial charge is 0.384 e. The summed E-state index contributed by atoms with van der Waals surface area (Å²) in [5.41, 5.74) is 3.90. The van der Waals surface area contributed by atoms with E-state index in [1.165, 1.54) is 12.0 Å². The lowest BCUT2D eigenvalue weighted by atomic mass is 9.79. The molecule has 1 aromatic carbocycles.